The third kappa shape index (κ3) is 6.95. The molecular weight excluding hydrogens is 379 g/mol. The van der Waals surface area contributed by atoms with E-state index in [1.165, 1.54) is 77.0 Å². The summed E-state index contributed by atoms with van der Waals surface area (Å²) in [6.07, 6.45) is 15.3. The molecule has 0 nitrogen and oxygen atoms in total. The van der Waals surface area contributed by atoms with E-state index in [-0.39, 0.29) is 7.92 Å². The lowest BCUT2D eigenvalue weighted by Gasteiger charge is -2.24. The van der Waals surface area contributed by atoms with Gasteiger partial charge in [0.25, 0.3) is 0 Å². The van der Waals surface area contributed by atoms with Crippen LogP contribution in [0, 0.1) is 0 Å². The quantitative estimate of drug-likeness (QED) is 0.269. The molecule has 1 heteroatoms. The van der Waals surface area contributed by atoms with E-state index in [4.69, 9.17) is 0 Å². The molecular formula is C29H45P. The molecule has 0 atom stereocenters. The highest BCUT2D eigenvalue weighted by Crippen LogP contribution is 2.35. The molecule has 166 valence electrons. The molecule has 0 radical (unpaired) electrons. The van der Waals surface area contributed by atoms with E-state index in [1.54, 1.807) is 32.9 Å². The van der Waals surface area contributed by atoms with E-state index in [1.807, 2.05) is 0 Å². The molecule has 0 aliphatic carbocycles. The largest absolute Gasteiger partial charge is 0.0654 e. The van der Waals surface area contributed by atoms with Gasteiger partial charge in [0, 0.05) is 0 Å². The van der Waals surface area contributed by atoms with Gasteiger partial charge in [-0.05, 0) is 98.8 Å². The average Bonchev–Trinajstić information content (AvgIpc) is 2.78. The maximum absolute atomic E-state index is 2.53. The number of aryl methyl sites for hydroxylation is 2. The molecule has 2 aromatic carbocycles. The van der Waals surface area contributed by atoms with Crippen molar-refractivity contribution in [3.63, 3.8) is 0 Å². The zero-order chi connectivity index (χ0) is 21.8. The lowest BCUT2D eigenvalue weighted by Crippen LogP contribution is -2.21. The normalized spacial score (nSPS) is 11.4. The van der Waals surface area contributed by atoms with Gasteiger partial charge in [-0.3, -0.25) is 0 Å². The molecule has 0 heterocycles. The number of hydrogen-bond acceptors (Lipinski definition) is 0. The first-order valence-electron chi connectivity index (χ1n) is 12.6. The maximum atomic E-state index is 2.53. The summed E-state index contributed by atoms with van der Waals surface area (Å²) >= 11 is 0. The minimum absolute atomic E-state index is 0.308. The second-order valence-corrected chi connectivity index (χ2v) is 10.9. The smallest absolute Gasteiger partial charge is 0.0163 e. The first-order valence-corrected chi connectivity index (χ1v) is 14.4. The van der Waals surface area contributed by atoms with Crippen LogP contribution in [-0.2, 0) is 25.7 Å². The van der Waals surface area contributed by atoms with Gasteiger partial charge < -0.3 is 0 Å². The van der Waals surface area contributed by atoms with E-state index in [0.717, 1.165) is 0 Å². The van der Waals surface area contributed by atoms with Crippen LogP contribution in [0.5, 0.6) is 0 Å². The minimum atomic E-state index is -0.308. The molecule has 0 bridgehead atoms. The fourth-order valence-corrected chi connectivity index (χ4v) is 6.69. The fourth-order valence-electron chi connectivity index (χ4n) is 4.49. The molecule has 0 aliphatic rings. The van der Waals surface area contributed by atoms with Crippen LogP contribution in [0.2, 0.25) is 0 Å². The number of benzene rings is 2. The molecule has 0 amide bonds. The highest BCUT2D eigenvalue weighted by molar-refractivity contribution is 7.72. The summed E-state index contributed by atoms with van der Waals surface area (Å²) in [7, 11) is -0.308. The Hall–Kier alpha value is -1.13. The summed E-state index contributed by atoms with van der Waals surface area (Å²) in [5.41, 5.74) is 6.60. The van der Waals surface area contributed by atoms with E-state index < -0.39 is 0 Å². The van der Waals surface area contributed by atoms with Crippen LogP contribution >= 0.6 is 7.92 Å². The first kappa shape index (κ1) is 25.1. The van der Waals surface area contributed by atoms with Gasteiger partial charge in [0.2, 0.25) is 0 Å². The average molecular weight is 425 g/mol. The van der Waals surface area contributed by atoms with Crippen molar-refractivity contribution in [3.05, 3.63) is 58.7 Å². The summed E-state index contributed by atoms with van der Waals surface area (Å²) in [6, 6.07) is 14.4. The number of rotatable bonds is 14. The zero-order valence-electron chi connectivity index (χ0n) is 20.4. The summed E-state index contributed by atoms with van der Waals surface area (Å²) in [5.74, 6) is 0. The van der Waals surface area contributed by atoms with Gasteiger partial charge in [0.05, 0.1) is 0 Å². The van der Waals surface area contributed by atoms with Gasteiger partial charge in [0.15, 0.2) is 0 Å². The lowest BCUT2D eigenvalue weighted by atomic mass is 9.97. The van der Waals surface area contributed by atoms with Crippen LogP contribution in [0.15, 0.2) is 36.4 Å². The number of hydrogen-bond donors (Lipinski definition) is 0. The van der Waals surface area contributed by atoms with Crippen LogP contribution < -0.4 is 10.6 Å². The van der Waals surface area contributed by atoms with Gasteiger partial charge >= 0.3 is 0 Å². The Morgan fingerprint density at radius 1 is 0.533 bits per heavy atom. The van der Waals surface area contributed by atoms with E-state index >= 15 is 0 Å². The van der Waals surface area contributed by atoms with E-state index in [0.29, 0.717) is 0 Å². The monoisotopic (exact) mass is 424 g/mol. The Bertz CT molecular complexity index is 683. The molecule has 2 rings (SSSR count). The van der Waals surface area contributed by atoms with Crippen molar-refractivity contribution >= 4 is 18.5 Å². The van der Waals surface area contributed by atoms with Crippen LogP contribution in [0.4, 0.5) is 0 Å². The molecule has 0 aromatic heterocycles. The van der Waals surface area contributed by atoms with Gasteiger partial charge in [-0.25, -0.2) is 0 Å². The Labute approximate surface area is 188 Å². The van der Waals surface area contributed by atoms with Gasteiger partial charge in [-0.15, -0.1) is 0 Å². The molecule has 0 fully saturated rings. The van der Waals surface area contributed by atoms with Crippen molar-refractivity contribution in [1.29, 1.82) is 0 Å². The van der Waals surface area contributed by atoms with Gasteiger partial charge in [0.1, 0.15) is 0 Å². The Balaban J connectivity index is 2.48. The maximum Gasteiger partial charge on any atom is -0.0163 e. The second kappa shape index (κ2) is 14.0. The van der Waals surface area contributed by atoms with Crippen molar-refractivity contribution in [2.24, 2.45) is 0 Å². The van der Waals surface area contributed by atoms with E-state index in [2.05, 4.69) is 70.8 Å². The Morgan fingerprint density at radius 3 is 1.27 bits per heavy atom. The Morgan fingerprint density at radius 2 is 0.900 bits per heavy atom. The van der Waals surface area contributed by atoms with Crippen molar-refractivity contribution in [2.45, 2.75) is 105 Å². The SMILES string of the molecule is CCCCc1cccc(P(C)c2cccc(CCCC)c2CCCC)c1CCCC. The van der Waals surface area contributed by atoms with Crippen LogP contribution in [0.3, 0.4) is 0 Å². The summed E-state index contributed by atoms with van der Waals surface area (Å²) in [6.45, 7) is 11.8. The third-order valence-corrected chi connectivity index (χ3v) is 8.66. The van der Waals surface area contributed by atoms with Crippen LogP contribution in [0.1, 0.15) is 101 Å². The predicted octanol–water partition coefficient (Wildman–Crippen LogP) is 8.12. The topological polar surface area (TPSA) is 0 Å². The molecule has 0 spiro atoms. The molecule has 2 aromatic rings. The highest BCUT2D eigenvalue weighted by Gasteiger charge is 2.19. The van der Waals surface area contributed by atoms with Crippen molar-refractivity contribution in [1.82, 2.24) is 0 Å². The van der Waals surface area contributed by atoms with Gasteiger partial charge in [-0.1, -0.05) is 89.8 Å². The van der Waals surface area contributed by atoms with Crippen LogP contribution in [-0.4, -0.2) is 6.66 Å². The van der Waals surface area contributed by atoms with Crippen LogP contribution in [0.25, 0.3) is 0 Å². The standard InChI is InChI=1S/C29H45P/c1-6-10-16-24-18-14-22-28(26(24)20-12-8-3)30(5)29-23-15-19-25(17-11-7-2)27(29)21-13-9-4/h14-15,18-19,22-23H,6-13,16-17,20-21H2,1-5H3. The van der Waals surface area contributed by atoms with E-state index in [9.17, 15) is 0 Å². The summed E-state index contributed by atoms with van der Waals surface area (Å²) < 4.78 is 0. The molecule has 0 unspecified atom stereocenters. The lowest BCUT2D eigenvalue weighted by molar-refractivity contribution is 0.760. The predicted molar refractivity (Wildman–Crippen MR) is 139 cm³/mol. The van der Waals surface area contributed by atoms with Crippen molar-refractivity contribution < 1.29 is 0 Å². The molecule has 0 aliphatic heterocycles. The van der Waals surface area contributed by atoms with Crippen molar-refractivity contribution in [2.75, 3.05) is 6.66 Å². The molecule has 0 saturated carbocycles. The Kier molecular flexibility index (Phi) is 11.8. The zero-order valence-corrected chi connectivity index (χ0v) is 21.3. The number of unbranched alkanes of at least 4 members (excludes halogenated alkanes) is 4. The third-order valence-electron chi connectivity index (χ3n) is 6.38. The first-order chi connectivity index (χ1) is 14.7. The summed E-state index contributed by atoms with van der Waals surface area (Å²) in [5, 5.41) is 3.30. The highest BCUT2D eigenvalue weighted by atomic mass is 31.1. The second-order valence-electron chi connectivity index (χ2n) is 8.80. The van der Waals surface area contributed by atoms with Crippen molar-refractivity contribution in [3.8, 4) is 0 Å². The molecule has 0 saturated heterocycles. The van der Waals surface area contributed by atoms with Gasteiger partial charge in [-0.2, -0.15) is 0 Å². The fraction of sp³-hybridized carbons (Fsp3) is 0.586. The summed E-state index contributed by atoms with van der Waals surface area (Å²) in [4.78, 5) is 0. The minimum Gasteiger partial charge on any atom is -0.0654 e. The molecule has 0 N–H and O–H groups in total. The molecule has 30 heavy (non-hydrogen) atoms.